The van der Waals surface area contributed by atoms with Gasteiger partial charge in [-0.2, -0.15) is 0 Å². The summed E-state index contributed by atoms with van der Waals surface area (Å²) < 4.78 is 5.08. The van der Waals surface area contributed by atoms with Crippen LogP contribution in [-0.4, -0.2) is 28.9 Å². The second-order valence-corrected chi connectivity index (χ2v) is 4.87. The molecule has 0 spiro atoms. The summed E-state index contributed by atoms with van der Waals surface area (Å²) in [4.78, 5) is 11.4. The Labute approximate surface area is 101 Å². The number of aliphatic hydroxyl groups excluding tert-OH is 2. The van der Waals surface area contributed by atoms with Crippen molar-refractivity contribution in [1.82, 2.24) is 0 Å². The average molecular weight is 238 g/mol. The molecular formula is C13H18O4. The van der Waals surface area contributed by atoms with Gasteiger partial charge in [-0.1, -0.05) is 39.0 Å². The maximum Gasteiger partial charge on any atom is 0.342 e. The van der Waals surface area contributed by atoms with Crippen molar-refractivity contribution in [2.45, 2.75) is 32.3 Å². The van der Waals surface area contributed by atoms with E-state index in [0.717, 1.165) is 5.56 Å². The van der Waals surface area contributed by atoms with E-state index in [1.807, 2.05) is 32.9 Å². The van der Waals surface area contributed by atoms with Crippen LogP contribution in [0.1, 0.15) is 26.3 Å². The fourth-order valence-electron chi connectivity index (χ4n) is 1.43. The molecule has 0 amide bonds. The van der Waals surface area contributed by atoms with E-state index in [1.165, 1.54) is 0 Å². The lowest BCUT2D eigenvalue weighted by molar-refractivity contribution is -0.145. The largest absolute Gasteiger partial charge is 0.424 e. The van der Waals surface area contributed by atoms with Crippen molar-refractivity contribution in [2.75, 3.05) is 6.61 Å². The van der Waals surface area contributed by atoms with Crippen molar-refractivity contribution >= 4 is 5.97 Å². The van der Waals surface area contributed by atoms with Crippen molar-refractivity contribution in [3.05, 3.63) is 29.8 Å². The van der Waals surface area contributed by atoms with Gasteiger partial charge in [0, 0.05) is 5.56 Å². The lowest BCUT2D eigenvalue weighted by Gasteiger charge is -2.22. The summed E-state index contributed by atoms with van der Waals surface area (Å²) >= 11 is 0. The summed E-state index contributed by atoms with van der Waals surface area (Å²) in [5, 5.41) is 17.8. The molecule has 0 aliphatic rings. The molecular weight excluding hydrogens is 220 g/mol. The van der Waals surface area contributed by atoms with Crippen LogP contribution in [0.3, 0.4) is 0 Å². The van der Waals surface area contributed by atoms with E-state index in [4.69, 9.17) is 14.9 Å². The van der Waals surface area contributed by atoms with Crippen molar-refractivity contribution < 1.29 is 19.7 Å². The number of benzene rings is 1. The molecule has 0 aromatic heterocycles. The van der Waals surface area contributed by atoms with Crippen LogP contribution in [0, 0.1) is 0 Å². The quantitative estimate of drug-likeness (QED) is 0.614. The lowest BCUT2D eigenvalue weighted by Crippen LogP contribution is -2.29. The molecule has 2 N–H and O–H groups in total. The molecule has 1 aromatic rings. The first-order chi connectivity index (χ1) is 7.86. The number of rotatable bonds is 3. The minimum absolute atomic E-state index is 0.166. The van der Waals surface area contributed by atoms with E-state index in [1.54, 1.807) is 12.1 Å². The summed E-state index contributed by atoms with van der Waals surface area (Å²) in [5.41, 5.74) is 0.708. The first kappa shape index (κ1) is 13.7. The molecule has 17 heavy (non-hydrogen) atoms. The Morgan fingerprint density at radius 3 is 2.47 bits per heavy atom. The fraction of sp³-hybridized carbons (Fsp3) is 0.462. The molecule has 0 saturated carbocycles. The molecule has 4 heteroatoms. The lowest BCUT2D eigenvalue weighted by atomic mass is 9.86. The number of aliphatic hydroxyl groups is 2. The smallest absolute Gasteiger partial charge is 0.342 e. The van der Waals surface area contributed by atoms with Gasteiger partial charge < -0.3 is 14.9 Å². The van der Waals surface area contributed by atoms with Crippen LogP contribution in [-0.2, 0) is 10.2 Å². The van der Waals surface area contributed by atoms with Gasteiger partial charge in [0.2, 0.25) is 0 Å². The van der Waals surface area contributed by atoms with Gasteiger partial charge in [-0.25, -0.2) is 4.79 Å². The maximum absolute atomic E-state index is 11.4. The highest BCUT2D eigenvalue weighted by molar-refractivity contribution is 5.77. The van der Waals surface area contributed by atoms with E-state index in [9.17, 15) is 4.79 Å². The molecule has 0 radical (unpaired) electrons. The van der Waals surface area contributed by atoms with Gasteiger partial charge in [0.1, 0.15) is 5.75 Å². The van der Waals surface area contributed by atoms with Crippen LogP contribution in [0.25, 0.3) is 0 Å². The zero-order valence-electron chi connectivity index (χ0n) is 10.3. The van der Waals surface area contributed by atoms with Gasteiger partial charge >= 0.3 is 5.97 Å². The van der Waals surface area contributed by atoms with Gasteiger partial charge in [0.15, 0.2) is 6.10 Å². The molecule has 1 aromatic carbocycles. The van der Waals surface area contributed by atoms with Crippen molar-refractivity contribution in [2.24, 2.45) is 0 Å². The Bertz CT molecular complexity index is 393. The van der Waals surface area contributed by atoms with Crippen LogP contribution in [0.2, 0.25) is 0 Å². The van der Waals surface area contributed by atoms with Crippen molar-refractivity contribution in [3.63, 3.8) is 0 Å². The standard InChI is InChI=1S/C13H18O4/c1-13(2,3)9-6-4-5-7-11(9)17-12(16)10(15)8-14/h4-7,10,14-15H,8H2,1-3H3. The highest BCUT2D eigenvalue weighted by atomic mass is 16.6. The highest BCUT2D eigenvalue weighted by Gasteiger charge is 2.22. The van der Waals surface area contributed by atoms with Crippen LogP contribution in [0.5, 0.6) is 5.75 Å². The molecule has 0 saturated heterocycles. The van der Waals surface area contributed by atoms with Gasteiger partial charge in [0.05, 0.1) is 6.61 Å². The summed E-state index contributed by atoms with van der Waals surface area (Å²) in [5.74, 6) is -0.429. The predicted octanol–water partition coefficient (Wildman–Crippen LogP) is 1.24. The molecule has 1 atom stereocenters. The Morgan fingerprint density at radius 2 is 1.94 bits per heavy atom. The first-order valence-electron chi connectivity index (χ1n) is 5.46. The van der Waals surface area contributed by atoms with Crippen LogP contribution < -0.4 is 4.74 Å². The third kappa shape index (κ3) is 3.54. The van der Waals surface area contributed by atoms with E-state index in [2.05, 4.69) is 0 Å². The summed E-state index contributed by atoms with van der Waals surface area (Å²) in [6.45, 7) is 5.36. The molecule has 0 bridgehead atoms. The number of hydrogen-bond donors (Lipinski definition) is 2. The van der Waals surface area contributed by atoms with Crippen molar-refractivity contribution in [3.8, 4) is 5.75 Å². The first-order valence-corrected chi connectivity index (χ1v) is 5.46. The molecule has 1 unspecified atom stereocenters. The fourth-order valence-corrected chi connectivity index (χ4v) is 1.43. The van der Waals surface area contributed by atoms with Crippen LogP contribution >= 0.6 is 0 Å². The summed E-state index contributed by atoms with van der Waals surface area (Å²) in [6.07, 6.45) is -1.50. The second-order valence-electron chi connectivity index (χ2n) is 4.87. The Kier molecular flexibility index (Phi) is 4.26. The molecule has 0 fully saturated rings. The molecule has 0 heterocycles. The topological polar surface area (TPSA) is 66.8 Å². The van der Waals surface area contributed by atoms with Crippen LogP contribution in [0.4, 0.5) is 0 Å². The minimum Gasteiger partial charge on any atom is -0.424 e. The maximum atomic E-state index is 11.4. The van der Waals surface area contributed by atoms with E-state index < -0.39 is 18.7 Å². The molecule has 94 valence electrons. The van der Waals surface area contributed by atoms with Gasteiger partial charge in [-0.3, -0.25) is 0 Å². The normalized spacial score (nSPS) is 13.2. The zero-order valence-corrected chi connectivity index (χ0v) is 10.3. The van der Waals surface area contributed by atoms with Gasteiger partial charge in [0.25, 0.3) is 0 Å². The minimum atomic E-state index is -1.50. The molecule has 1 rings (SSSR count). The Hall–Kier alpha value is -1.39. The number of carbonyl (C=O) groups excluding carboxylic acids is 1. The number of carbonyl (C=O) groups is 1. The number of para-hydroxylation sites is 1. The third-order valence-electron chi connectivity index (χ3n) is 2.35. The summed E-state index contributed by atoms with van der Waals surface area (Å²) in [6, 6.07) is 7.15. The molecule has 0 aliphatic carbocycles. The third-order valence-corrected chi connectivity index (χ3v) is 2.35. The zero-order chi connectivity index (χ0) is 13.1. The number of ether oxygens (including phenoxy) is 1. The number of esters is 1. The Balaban J connectivity index is 2.96. The SMILES string of the molecule is CC(C)(C)c1ccccc1OC(=O)C(O)CO. The van der Waals surface area contributed by atoms with Crippen molar-refractivity contribution in [1.29, 1.82) is 0 Å². The van der Waals surface area contributed by atoms with E-state index in [0.29, 0.717) is 5.75 Å². The Morgan fingerprint density at radius 1 is 1.35 bits per heavy atom. The van der Waals surface area contributed by atoms with E-state index in [-0.39, 0.29) is 5.41 Å². The molecule has 4 nitrogen and oxygen atoms in total. The van der Waals surface area contributed by atoms with Gasteiger partial charge in [-0.05, 0) is 11.5 Å². The van der Waals surface area contributed by atoms with Crippen LogP contribution in [0.15, 0.2) is 24.3 Å². The number of hydrogen-bond acceptors (Lipinski definition) is 4. The highest BCUT2D eigenvalue weighted by Crippen LogP contribution is 2.31. The average Bonchev–Trinajstić information content (AvgIpc) is 2.27. The summed E-state index contributed by atoms with van der Waals surface area (Å²) in [7, 11) is 0. The monoisotopic (exact) mass is 238 g/mol. The van der Waals surface area contributed by atoms with Gasteiger partial charge in [-0.15, -0.1) is 0 Å². The second kappa shape index (κ2) is 5.29. The predicted molar refractivity (Wildman–Crippen MR) is 63.9 cm³/mol. The van der Waals surface area contributed by atoms with E-state index >= 15 is 0 Å². The molecule has 0 aliphatic heterocycles.